The van der Waals surface area contributed by atoms with E-state index >= 15 is 0 Å². The summed E-state index contributed by atoms with van der Waals surface area (Å²) in [6, 6.07) is 4.67. The largest absolute Gasteiger partial charge is 0.455 e. The Labute approximate surface area is 131 Å². The van der Waals surface area contributed by atoms with Gasteiger partial charge in [-0.1, -0.05) is 29.3 Å². The van der Waals surface area contributed by atoms with Gasteiger partial charge < -0.3 is 9.47 Å². The van der Waals surface area contributed by atoms with Gasteiger partial charge in [-0.3, -0.25) is 14.9 Å². The first-order valence-electron chi connectivity index (χ1n) is 5.98. The number of carbonyl (C=O) groups excluding carboxylic acids is 3. The van der Waals surface area contributed by atoms with Gasteiger partial charge >= 0.3 is 12.1 Å². The second-order valence-corrected chi connectivity index (χ2v) is 4.69. The van der Waals surface area contributed by atoms with Crippen LogP contribution in [0.2, 0.25) is 10.0 Å². The molecule has 114 valence electrons. The SMILES string of the molecule is CCOC(=O)NC(=O)COC(=O)Cc1ccc(Cl)cc1Cl. The fraction of sp³-hybridized carbons (Fsp3) is 0.308. The van der Waals surface area contributed by atoms with Crippen LogP contribution in [0, 0.1) is 0 Å². The van der Waals surface area contributed by atoms with E-state index in [1.54, 1.807) is 19.1 Å². The van der Waals surface area contributed by atoms with Crippen molar-refractivity contribution < 1.29 is 23.9 Å². The summed E-state index contributed by atoms with van der Waals surface area (Å²) in [5.41, 5.74) is 0.525. The number of hydrogen-bond donors (Lipinski definition) is 1. The van der Waals surface area contributed by atoms with Crippen molar-refractivity contribution in [3.8, 4) is 0 Å². The number of halogens is 2. The third kappa shape index (κ3) is 6.46. The molecule has 0 spiro atoms. The molecule has 0 atom stereocenters. The van der Waals surface area contributed by atoms with Gasteiger partial charge in [-0.25, -0.2) is 4.79 Å². The van der Waals surface area contributed by atoms with E-state index in [1.165, 1.54) is 6.07 Å². The number of rotatable bonds is 5. The molecule has 2 amide bonds. The number of benzene rings is 1. The number of alkyl carbamates (subject to hydrolysis) is 1. The lowest BCUT2D eigenvalue weighted by atomic mass is 10.1. The van der Waals surface area contributed by atoms with Crippen molar-refractivity contribution in [1.29, 1.82) is 0 Å². The maximum absolute atomic E-state index is 11.6. The van der Waals surface area contributed by atoms with Crippen LogP contribution in [0.25, 0.3) is 0 Å². The van der Waals surface area contributed by atoms with Crippen LogP contribution in [0.15, 0.2) is 18.2 Å². The standard InChI is InChI=1S/C13H13Cl2NO5/c1-2-20-13(19)16-11(17)7-21-12(18)5-8-3-4-9(14)6-10(8)15/h3-4,6H,2,5,7H2,1H3,(H,16,17,19). The number of nitrogens with one attached hydrogen (secondary N) is 1. The van der Waals surface area contributed by atoms with Gasteiger partial charge in [-0.2, -0.15) is 0 Å². The van der Waals surface area contributed by atoms with Gasteiger partial charge in [0.25, 0.3) is 5.91 Å². The Kier molecular flexibility index (Phi) is 6.98. The molecule has 0 aliphatic carbocycles. The highest BCUT2D eigenvalue weighted by atomic mass is 35.5. The van der Waals surface area contributed by atoms with E-state index in [0.717, 1.165) is 0 Å². The van der Waals surface area contributed by atoms with Gasteiger partial charge in [0.15, 0.2) is 6.61 Å². The van der Waals surface area contributed by atoms with Crippen LogP contribution in [0.4, 0.5) is 4.79 Å². The number of ether oxygens (including phenoxy) is 2. The topological polar surface area (TPSA) is 81.7 Å². The number of esters is 1. The molecule has 0 saturated carbocycles. The number of hydrogen-bond acceptors (Lipinski definition) is 5. The lowest BCUT2D eigenvalue weighted by molar-refractivity contribution is -0.147. The van der Waals surface area contributed by atoms with Crippen molar-refractivity contribution in [2.75, 3.05) is 13.2 Å². The summed E-state index contributed by atoms with van der Waals surface area (Å²) < 4.78 is 9.22. The van der Waals surface area contributed by atoms with Gasteiger partial charge in [-0.05, 0) is 24.6 Å². The maximum atomic E-state index is 11.6. The highest BCUT2D eigenvalue weighted by molar-refractivity contribution is 6.35. The van der Waals surface area contributed by atoms with Crippen LogP contribution in [0.1, 0.15) is 12.5 Å². The van der Waals surface area contributed by atoms with E-state index in [9.17, 15) is 14.4 Å². The minimum atomic E-state index is -0.890. The summed E-state index contributed by atoms with van der Waals surface area (Å²) in [4.78, 5) is 33.8. The van der Waals surface area contributed by atoms with E-state index in [4.69, 9.17) is 27.9 Å². The van der Waals surface area contributed by atoms with E-state index in [1.807, 2.05) is 5.32 Å². The Morgan fingerprint density at radius 3 is 2.52 bits per heavy atom. The highest BCUT2D eigenvalue weighted by Crippen LogP contribution is 2.21. The molecule has 1 aromatic carbocycles. The van der Waals surface area contributed by atoms with Crippen LogP contribution in [-0.2, 0) is 25.5 Å². The summed E-state index contributed by atoms with van der Waals surface area (Å²) in [6.45, 7) is 1.15. The minimum Gasteiger partial charge on any atom is -0.455 e. The van der Waals surface area contributed by atoms with Crippen molar-refractivity contribution in [1.82, 2.24) is 5.32 Å². The average molecular weight is 334 g/mol. The molecule has 0 bridgehead atoms. The van der Waals surface area contributed by atoms with Crippen molar-refractivity contribution >= 4 is 41.2 Å². The van der Waals surface area contributed by atoms with Crippen molar-refractivity contribution in [3.05, 3.63) is 33.8 Å². The highest BCUT2D eigenvalue weighted by Gasteiger charge is 2.13. The molecule has 0 aliphatic rings. The van der Waals surface area contributed by atoms with Gasteiger partial charge in [0.2, 0.25) is 0 Å². The second-order valence-electron chi connectivity index (χ2n) is 3.84. The van der Waals surface area contributed by atoms with Gasteiger partial charge in [0.1, 0.15) is 0 Å². The molecule has 0 fully saturated rings. The molecule has 0 heterocycles. The summed E-state index contributed by atoms with van der Waals surface area (Å²) in [7, 11) is 0. The molecule has 6 nitrogen and oxygen atoms in total. The van der Waals surface area contributed by atoms with E-state index in [0.29, 0.717) is 15.6 Å². The quantitative estimate of drug-likeness (QED) is 0.836. The molecule has 1 rings (SSSR count). The Morgan fingerprint density at radius 1 is 1.19 bits per heavy atom. The monoisotopic (exact) mass is 333 g/mol. The van der Waals surface area contributed by atoms with Crippen molar-refractivity contribution in [2.24, 2.45) is 0 Å². The average Bonchev–Trinajstić information content (AvgIpc) is 2.40. The lowest BCUT2D eigenvalue weighted by Crippen LogP contribution is -2.34. The molecule has 8 heteroatoms. The molecule has 1 N–H and O–H groups in total. The predicted molar refractivity (Wildman–Crippen MR) is 76.3 cm³/mol. The summed E-state index contributed by atoms with van der Waals surface area (Å²) in [5, 5.41) is 2.68. The van der Waals surface area contributed by atoms with Crippen LogP contribution >= 0.6 is 23.2 Å². The molecular weight excluding hydrogens is 321 g/mol. The summed E-state index contributed by atoms with van der Waals surface area (Å²) in [5.74, 6) is -1.43. The lowest BCUT2D eigenvalue weighted by Gasteiger charge is -2.07. The number of amides is 2. The number of carbonyl (C=O) groups is 3. The molecular formula is C13H13Cl2NO5. The number of imide groups is 1. The van der Waals surface area contributed by atoms with Crippen LogP contribution in [0.3, 0.4) is 0 Å². The first-order valence-corrected chi connectivity index (χ1v) is 6.74. The first kappa shape index (κ1) is 17.3. The molecule has 0 unspecified atom stereocenters. The molecule has 0 saturated heterocycles. The third-order valence-corrected chi connectivity index (χ3v) is 2.82. The molecule has 1 aromatic rings. The summed E-state index contributed by atoms with van der Waals surface area (Å²) >= 11 is 11.6. The molecule has 21 heavy (non-hydrogen) atoms. The van der Waals surface area contributed by atoms with Crippen molar-refractivity contribution in [3.63, 3.8) is 0 Å². The first-order chi connectivity index (χ1) is 9.92. The normalized spacial score (nSPS) is 9.86. The van der Waals surface area contributed by atoms with E-state index in [-0.39, 0.29) is 13.0 Å². The smallest absolute Gasteiger partial charge is 0.413 e. The zero-order valence-electron chi connectivity index (χ0n) is 11.2. The molecule has 0 aromatic heterocycles. The Balaban J connectivity index is 2.40. The van der Waals surface area contributed by atoms with Gasteiger partial charge in [0.05, 0.1) is 13.0 Å². The van der Waals surface area contributed by atoms with Crippen LogP contribution in [0.5, 0.6) is 0 Å². The Bertz CT molecular complexity index is 547. The second kappa shape index (κ2) is 8.49. The minimum absolute atomic E-state index is 0.108. The molecule has 0 radical (unpaired) electrons. The van der Waals surface area contributed by atoms with Crippen LogP contribution < -0.4 is 5.32 Å². The fourth-order valence-corrected chi connectivity index (χ4v) is 1.81. The third-order valence-electron chi connectivity index (χ3n) is 2.23. The van der Waals surface area contributed by atoms with Gasteiger partial charge in [0, 0.05) is 10.0 Å². The van der Waals surface area contributed by atoms with Gasteiger partial charge in [-0.15, -0.1) is 0 Å². The Morgan fingerprint density at radius 2 is 1.90 bits per heavy atom. The summed E-state index contributed by atoms with van der Waals surface area (Å²) in [6.07, 6.45) is -0.998. The zero-order valence-corrected chi connectivity index (χ0v) is 12.7. The fourth-order valence-electron chi connectivity index (χ4n) is 1.33. The van der Waals surface area contributed by atoms with Crippen LogP contribution in [-0.4, -0.2) is 31.2 Å². The predicted octanol–water partition coefficient (Wildman–Crippen LogP) is 2.35. The maximum Gasteiger partial charge on any atom is 0.413 e. The van der Waals surface area contributed by atoms with E-state index in [2.05, 4.69) is 4.74 Å². The zero-order chi connectivity index (χ0) is 15.8. The van der Waals surface area contributed by atoms with E-state index < -0.39 is 24.6 Å². The Hall–Kier alpha value is -1.79. The van der Waals surface area contributed by atoms with Crippen molar-refractivity contribution in [2.45, 2.75) is 13.3 Å². The molecule has 0 aliphatic heterocycles.